The Morgan fingerprint density at radius 1 is 1.18 bits per heavy atom. The van der Waals surface area contributed by atoms with Gasteiger partial charge in [0.15, 0.2) is 5.11 Å². The maximum absolute atomic E-state index is 12.8. The third-order valence-corrected chi connectivity index (χ3v) is 9.21. The monoisotopic (exact) mass is 432 g/mol. The maximum Gasteiger partial charge on any atom is 0.269 e. The smallest absolute Gasteiger partial charge is 0.269 e. The summed E-state index contributed by atoms with van der Waals surface area (Å²) in [6, 6.07) is 8.09. The van der Waals surface area contributed by atoms with Crippen LogP contribution in [0.4, 0.5) is 0 Å². The largest absolute Gasteiger partial charge is 0.359 e. The van der Waals surface area contributed by atoms with Gasteiger partial charge in [0.2, 0.25) is 0 Å². The van der Waals surface area contributed by atoms with Gasteiger partial charge in [0.1, 0.15) is 4.88 Å². The van der Waals surface area contributed by atoms with Gasteiger partial charge >= 0.3 is 0 Å². The van der Waals surface area contributed by atoms with Gasteiger partial charge in [0.05, 0.1) is 5.02 Å². The van der Waals surface area contributed by atoms with Crippen molar-refractivity contribution in [1.29, 1.82) is 0 Å². The number of thiocarbonyl (C=S) groups is 1. The number of carbonyl (C=O) groups excluding carboxylic acids is 1. The lowest BCUT2D eigenvalue weighted by molar-refractivity contribution is -0.0672. The molecule has 4 aliphatic carbocycles. The fourth-order valence-electron chi connectivity index (χ4n) is 6.41. The lowest BCUT2D eigenvalue weighted by Gasteiger charge is -2.59. The van der Waals surface area contributed by atoms with Crippen LogP contribution < -0.4 is 10.6 Å². The number of nitrogens with one attached hydrogen (secondary N) is 2. The molecular formula is C22H25ClN2OS2. The van der Waals surface area contributed by atoms with Crippen LogP contribution in [0.5, 0.6) is 0 Å². The fraction of sp³-hybridized carbons (Fsp3) is 0.545. The summed E-state index contributed by atoms with van der Waals surface area (Å²) < 4.78 is 1.01. The van der Waals surface area contributed by atoms with Crippen molar-refractivity contribution in [2.24, 2.45) is 23.2 Å². The summed E-state index contributed by atoms with van der Waals surface area (Å²) in [4.78, 5) is 13.3. The van der Waals surface area contributed by atoms with E-state index >= 15 is 0 Å². The highest BCUT2D eigenvalue weighted by molar-refractivity contribution is 7.80. The second-order valence-corrected chi connectivity index (χ2v) is 11.0. The van der Waals surface area contributed by atoms with Crippen molar-refractivity contribution in [3.8, 4) is 0 Å². The van der Waals surface area contributed by atoms with Crippen LogP contribution in [-0.4, -0.2) is 17.1 Å². The fourth-order valence-corrected chi connectivity index (χ4v) is 8.10. The zero-order chi connectivity index (χ0) is 19.5. The number of rotatable bonds is 3. The minimum Gasteiger partial charge on any atom is -0.359 e. The lowest BCUT2D eigenvalue weighted by atomic mass is 9.48. The molecule has 4 aliphatic rings. The van der Waals surface area contributed by atoms with E-state index in [1.54, 1.807) is 0 Å². The van der Waals surface area contributed by atoms with E-state index in [0.717, 1.165) is 27.8 Å². The summed E-state index contributed by atoms with van der Waals surface area (Å²) in [5, 5.41) is 8.16. The average molecular weight is 433 g/mol. The third-order valence-electron chi connectivity index (χ3n) is 7.32. The van der Waals surface area contributed by atoms with Gasteiger partial charge in [0.25, 0.3) is 5.91 Å². The number of hydrogen-bond acceptors (Lipinski definition) is 3. The summed E-state index contributed by atoms with van der Waals surface area (Å²) in [5.74, 6) is 2.48. The molecule has 4 bridgehead atoms. The van der Waals surface area contributed by atoms with Gasteiger partial charge in [-0.25, -0.2) is 0 Å². The number of thiophene rings is 1. The predicted molar refractivity (Wildman–Crippen MR) is 120 cm³/mol. The molecule has 28 heavy (non-hydrogen) atoms. The summed E-state index contributed by atoms with van der Waals surface area (Å²) in [5.41, 5.74) is 0.346. The molecule has 1 unspecified atom stereocenters. The van der Waals surface area contributed by atoms with Gasteiger partial charge in [-0.3, -0.25) is 10.1 Å². The van der Waals surface area contributed by atoms with Gasteiger partial charge in [-0.1, -0.05) is 29.8 Å². The van der Waals surface area contributed by atoms with E-state index in [4.69, 9.17) is 23.8 Å². The Kier molecular flexibility index (Phi) is 4.68. The number of halogens is 1. The molecule has 2 N–H and O–H groups in total. The van der Waals surface area contributed by atoms with Crippen LogP contribution in [0.3, 0.4) is 0 Å². The van der Waals surface area contributed by atoms with Crippen molar-refractivity contribution in [3.63, 3.8) is 0 Å². The van der Waals surface area contributed by atoms with Crippen LogP contribution in [-0.2, 0) is 0 Å². The summed E-state index contributed by atoms with van der Waals surface area (Å²) in [7, 11) is 0. The van der Waals surface area contributed by atoms with Gasteiger partial charge in [0, 0.05) is 16.1 Å². The van der Waals surface area contributed by atoms with Crippen LogP contribution in [0.15, 0.2) is 24.3 Å². The number of hydrogen-bond donors (Lipinski definition) is 2. The van der Waals surface area contributed by atoms with E-state index < -0.39 is 0 Å². The molecule has 0 saturated heterocycles. The number of carbonyl (C=O) groups is 1. The predicted octanol–water partition coefficient (Wildman–Crippen LogP) is 5.76. The van der Waals surface area contributed by atoms with Gasteiger partial charge in [-0.2, -0.15) is 0 Å². The Balaban J connectivity index is 1.27. The SMILES string of the molecule is CC(NC(=S)NC(=O)c1sc2ccccc2c1Cl)C12CC3CC(CC(C3)C1)C2. The first-order valence-electron chi connectivity index (χ1n) is 10.2. The Bertz CT molecular complexity index is 918. The molecule has 4 fully saturated rings. The van der Waals surface area contributed by atoms with Crippen LogP contribution in [0, 0.1) is 23.2 Å². The topological polar surface area (TPSA) is 41.1 Å². The highest BCUT2D eigenvalue weighted by atomic mass is 35.5. The van der Waals surface area contributed by atoms with Crippen LogP contribution >= 0.6 is 35.2 Å². The van der Waals surface area contributed by atoms with E-state index in [9.17, 15) is 4.79 Å². The zero-order valence-corrected chi connectivity index (χ0v) is 18.4. The van der Waals surface area contributed by atoms with Crippen molar-refractivity contribution < 1.29 is 4.79 Å². The first-order chi connectivity index (χ1) is 13.4. The number of benzene rings is 1. The Morgan fingerprint density at radius 2 is 1.79 bits per heavy atom. The molecular weight excluding hydrogens is 408 g/mol. The van der Waals surface area contributed by atoms with E-state index in [0.29, 0.717) is 20.4 Å². The van der Waals surface area contributed by atoms with Crippen LogP contribution in [0.25, 0.3) is 10.1 Å². The minimum atomic E-state index is -0.221. The maximum atomic E-state index is 12.8. The Morgan fingerprint density at radius 3 is 2.39 bits per heavy atom. The quantitative estimate of drug-likeness (QED) is 0.605. The molecule has 0 radical (unpaired) electrons. The van der Waals surface area contributed by atoms with Crippen LogP contribution in [0.1, 0.15) is 55.1 Å². The molecule has 148 valence electrons. The van der Waals surface area contributed by atoms with Gasteiger partial charge in [-0.15, -0.1) is 11.3 Å². The number of fused-ring (bicyclic) bond motifs is 1. The van der Waals surface area contributed by atoms with E-state index in [2.05, 4.69) is 17.6 Å². The second kappa shape index (κ2) is 6.96. The van der Waals surface area contributed by atoms with Crippen molar-refractivity contribution in [1.82, 2.24) is 10.6 Å². The lowest BCUT2D eigenvalue weighted by Crippen LogP contribution is -2.57. The van der Waals surface area contributed by atoms with E-state index in [1.807, 2.05) is 24.3 Å². The summed E-state index contributed by atoms with van der Waals surface area (Å²) in [6.07, 6.45) is 8.22. The normalized spacial score (nSPS) is 31.7. The van der Waals surface area contributed by atoms with Crippen LogP contribution in [0.2, 0.25) is 5.02 Å². The molecule has 0 spiro atoms. The molecule has 1 aromatic carbocycles. The third kappa shape index (κ3) is 3.16. The molecule has 1 heterocycles. The highest BCUT2D eigenvalue weighted by Crippen LogP contribution is 2.61. The Hall–Kier alpha value is -1.17. The van der Waals surface area contributed by atoms with Crippen molar-refractivity contribution >= 4 is 56.3 Å². The molecule has 1 amide bonds. The standard InChI is InChI=1S/C22H25ClN2OS2/c1-12(22-9-13-6-14(10-22)8-15(7-13)11-22)24-21(27)25-20(26)19-18(23)16-4-2-3-5-17(16)28-19/h2-5,12-15H,6-11H2,1H3,(H2,24,25,26,27). The molecule has 2 aromatic rings. The molecule has 4 saturated carbocycles. The highest BCUT2D eigenvalue weighted by Gasteiger charge is 2.53. The molecule has 3 nitrogen and oxygen atoms in total. The van der Waals surface area contributed by atoms with E-state index in [1.165, 1.54) is 49.9 Å². The van der Waals surface area contributed by atoms with Gasteiger partial charge in [-0.05, 0) is 86.9 Å². The average Bonchev–Trinajstić information content (AvgIpc) is 2.98. The molecule has 0 aliphatic heterocycles. The van der Waals surface area contributed by atoms with Gasteiger partial charge < -0.3 is 5.32 Å². The molecule has 1 aromatic heterocycles. The van der Waals surface area contributed by atoms with E-state index in [-0.39, 0.29) is 11.9 Å². The first kappa shape index (κ1) is 18.8. The minimum absolute atomic E-state index is 0.221. The van der Waals surface area contributed by atoms with Crippen molar-refractivity contribution in [2.45, 2.75) is 51.5 Å². The molecule has 6 heteroatoms. The van der Waals surface area contributed by atoms with Crippen molar-refractivity contribution in [2.75, 3.05) is 0 Å². The Labute approximate surface area is 180 Å². The summed E-state index contributed by atoms with van der Waals surface area (Å²) >= 11 is 13.4. The zero-order valence-electron chi connectivity index (χ0n) is 16.0. The molecule has 1 atom stereocenters. The number of amides is 1. The van der Waals surface area contributed by atoms with Crippen molar-refractivity contribution in [3.05, 3.63) is 34.2 Å². The second-order valence-electron chi connectivity index (χ2n) is 9.17. The summed E-state index contributed by atoms with van der Waals surface area (Å²) in [6.45, 7) is 2.25. The first-order valence-corrected chi connectivity index (χ1v) is 11.8. The molecule has 6 rings (SSSR count).